The Morgan fingerprint density at radius 1 is 1.21 bits per heavy atom. The molecular formula is C24H19ClN2O5S. The van der Waals surface area contributed by atoms with Gasteiger partial charge in [-0.15, -0.1) is 0 Å². The molecule has 0 spiro atoms. The van der Waals surface area contributed by atoms with E-state index in [9.17, 15) is 14.7 Å². The van der Waals surface area contributed by atoms with Crippen molar-refractivity contribution in [3.05, 3.63) is 81.9 Å². The highest BCUT2D eigenvalue weighted by atomic mass is 35.5. The fourth-order valence-corrected chi connectivity index (χ4v) is 4.34. The maximum atomic E-state index is 13.0. The van der Waals surface area contributed by atoms with Crippen LogP contribution >= 0.6 is 23.4 Å². The maximum absolute atomic E-state index is 13.0. The zero-order valence-electron chi connectivity index (χ0n) is 17.5. The van der Waals surface area contributed by atoms with Crippen molar-refractivity contribution >= 4 is 52.2 Å². The average molecular weight is 483 g/mol. The summed E-state index contributed by atoms with van der Waals surface area (Å²) >= 11 is 7.21. The van der Waals surface area contributed by atoms with Gasteiger partial charge in [0, 0.05) is 18.7 Å². The highest BCUT2D eigenvalue weighted by molar-refractivity contribution is 8.18. The number of carboxylic acid groups (broad SMARTS) is 1. The van der Waals surface area contributed by atoms with Crippen LogP contribution in [0.3, 0.4) is 0 Å². The third-order valence-corrected chi connectivity index (χ3v) is 6.11. The lowest BCUT2D eigenvalue weighted by atomic mass is 10.1. The number of methoxy groups -OCH3 is 1. The molecule has 1 saturated heterocycles. The monoisotopic (exact) mass is 482 g/mol. The zero-order valence-corrected chi connectivity index (χ0v) is 19.1. The molecule has 168 valence electrons. The first-order valence-electron chi connectivity index (χ1n) is 9.93. The first-order valence-corrected chi connectivity index (χ1v) is 11.1. The fraction of sp³-hybridized carbons (Fsp3) is 0.125. The number of ether oxygens (including phenoxy) is 1. The minimum Gasteiger partial charge on any atom is -0.478 e. The number of nitrogens with zero attached hydrogens (tertiary/aromatic N) is 2. The van der Waals surface area contributed by atoms with Crippen LogP contribution in [0.1, 0.15) is 16.1 Å². The first-order chi connectivity index (χ1) is 16.0. The van der Waals surface area contributed by atoms with E-state index in [0.29, 0.717) is 40.3 Å². The van der Waals surface area contributed by atoms with Crippen molar-refractivity contribution in [3.63, 3.8) is 0 Å². The zero-order chi connectivity index (χ0) is 23.4. The summed E-state index contributed by atoms with van der Waals surface area (Å²) < 4.78 is 11.0. The SMILES string of the molecule is COCCN1C(=O)/C(=C/c2ccc(-c3ccc(Cl)c(C(=O)O)c3)o2)SC1=Nc1ccccc1. The molecule has 3 aromatic rings. The number of halogens is 1. The smallest absolute Gasteiger partial charge is 0.337 e. The number of benzene rings is 2. The van der Waals surface area contributed by atoms with E-state index in [1.807, 2.05) is 30.3 Å². The second kappa shape index (κ2) is 10.1. The number of thioether (sulfide) groups is 1. The number of aliphatic imine (C=N–C) groups is 1. The molecule has 0 radical (unpaired) electrons. The summed E-state index contributed by atoms with van der Waals surface area (Å²) in [7, 11) is 1.58. The van der Waals surface area contributed by atoms with Gasteiger partial charge in [0.25, 0.3) is 5.91 Å². The van der Waals surface area contributed by atoms with Crippen LogP contribution in [0.5, 0.6) is 0 Å². The van der Waals surface area contributed by atoms with Crippen LogP contribution in [0.25, 0.3) is 17.4 Å². The van der Waals surface area contributed by atoms with Crippen molar-refractivity contribution in [1.82, 2.24) is 4.90 Å². The van der Waals surface area contributed by atoms with E-state index in [-0.39, 0.29) is 16.5 Å². The van der Waals surface area contributed by atoms with Gasteiger partial charge in [-0.05, 0) is 54.2 Å². The largest absolute Gasteiger partial charge is 0.478 e. The standard InChI is InChI=1S/C24H19ClN2O5S/c1-31-12-11-27-22(28)21(33-24(27)26-16-5-3-2-4-6-16)14-17-8-10-20(32-17)15-7-9-19(25)18(13-15)23(29)30/h2-10,13-14H,11-12H2,1H3,(H,29,30)/b21-14-,26-24?. The van der Waals surface area contributed by atoms with E-state index in [1.165, 1.54) is 23.9 Å². The van der Waals surface area contributed by atoms with Gasteiger partial charge < -0.3 is 14.3 Å². The Morgan fingerprint density at radius 2 is 2.00 bits per heavy atom. The van der Waals surface area contributed by atoms with Crippen molar-refractivity contribution in [2.24, 2.45) is 4.99 Å². The molecule has 2 aromatic carbocycles. The van der Waals surface area contributed by atoms with E-state index >= 15 is 0 Å². The predicted octanol–water partition coefficient (Wildman–Crippen LogP) is 5.55. The topological polar surface area (TPSA) is 92.3 Å². The molecule has 7 nitrogen and oxygen atoms in total. The summed E-state index contributed by atoms with van der Waals surface area (Å²) in [6.45, 7) is 0.748. The molecule has 0 unspecified atom stereocenters. The Hall–Kier alpha value is -3.33. The Labute approximate surface area is 199 Å². The lowest BCUT2D eigenvalue weighted by Gasteiger charge is -2.14. The Morgan fingerprint density at radius 3 is 2.73 bits per heavy atom. The number of furan rings is 1. The number of aromatic carboxylic acids is 1. The summed E-state index contributed by atoms with van der Waals surface area (Å²) in [5, 5.41) is 10.00. The number of carboxylic acids is 1. The summed E-state index contributed by atoms with van der Waals surface area (Å²) in [6.07, 6.45) is 1.65. The third-order valence-electron chi connectivity index (χ3n) is 4.77. The molecule has 1 aliphatic rings. The van der Waals surface area contributed by atoms with Crippen molar-refractivity contribution in [2.75, 3.05) is 20.3 Å². The van der Waals surface area contributed by atoms with E-state index in [4.69, 9.17) is 20.8 Å². The van der Waals surface area contributed by atoms with Crippen molar-refractivity contribution in [2.45, 2.75) is 0 Å². The number of carbonyl (C=O) groups excluding carboxylic acids is 1. The van der Waals surface area contributed by atoms with Crippen LogP contribution in [0, 0.1) is 0 Å². The normalized spacial score (nSPS) is 16.2. The van der Waals surface area contributed by atoms with Gasteiger partial charge in [-0.3, -0.25) is 9.69 Å². The molecule has 1 aliphatic heterocycles. The molecule has 2 heterocycles. The number of carbonyl (C=O) groups is 2. The summed E-state index contributed by atoms with van der Waals surface area (Å²) in [6, 6.07) is 17.5. The third kappa shape index (κ3) is 5.19. The minimum absolute atomic E-state index is 0.0115. The van der Waals surface area contributed by atoms with Crippen LogP contribution in [-0.4, -0.2) is 47.3 Å². The first kappa shape index (κ1) is 22.8. The lowest BCUT2D eigenvalue weighted by Crippen LogP contribution is -2.32. The minimum atomic E-state index is -1.12. The molecule has 1 amide bonds. The number of para-hydroxylation sites is 1. The predicted molar refractivity (Wildman–Crippen MR) is 129 cm³/mol. The van der Waals surface area contributed by atoms with Crippen LogP contribution in [0.2, 0.25) is 5.02 Å². The molecule has 1 aromatic heterocycles. The second-order valence-corrected chi connectivity index (χ2v) is 8.41. The fourth-order valence-electron chi connectivity index (χ4n) is 3.14. The molecule has 1 N–H and O–H groups in total. The molecular weight excluding hydrogens is 464 g/mol. The number of hydrogen-bond donors (Lipinski definition) is 1. The summed E-state index contributed by atoms with van der Waals surface area (Å²) in [4.78, 5) is 31.0. The molecule has 33 heavy (non-hydrogen) atoms. The molecule has 0 aliphatic carbocycles. The molecule has 1 fully saturated rings. The number of hydrogen-bond acceptors (Lipinski definition) is 6. The van der Waals surface area contributed by atoms with Crippen LogP contribution in [0.4, 0.5) is 5.69 Å². The van der Waals surface area contributed by atoms with Gasteiger partial charge in [0.2, 0.25) is 0 Å². The van der Waals surface area contributed by atoms with E-state index < -0.39 is 5.97 Å². The van der Waals surface area contributed by atoms with Gasteiger partial charge in [0.05, 0.1) is 34.3 Å². The van der Waals surface area contributed by atoms with E-state index in [1.54, 1.807) is 36.3 Å². The highest BCUT2D eigenvalue weighted by Crippen LogP contribution is 2.35. The number of rotatable bonds is 7. The number of amidine groups is 1. The highest BCUT2D eigenvalue weighted by Gasteiger charge is 2.33. The van der Waals surface area contributed by atoms with Gasteiger partial charge >= 0.3 is 5.97 Å². The number of amides is 1. The van der Waals surface area contributed by atoms with Crippen molar-refractivity contribution in [3.8, 4) is 11.3 Å². The van der Waals surface area contributed by atoms with E-state index in [2.05, 4.69) is 4.99 Å². The summed E-state index contributed by atoms with van der Waals surface area (Å²) in [5.41, 5.74) is 1.30. The van der Waals surface area contributed by atoms with Gasteiger partial charge in [-0.2, -0.15) is 0 Å². The Kier molecular flexibility index (Phi) is 6.98. The van der Waals surface area contributed by atoms with Crippen molar-refractivity contribution in [1.29, 1.82) is 0 Å². The Bertz CT molecular complexity index is 1250. The van der Waals surface area contributed by atoms with Gasteiger partial charge in [0.1, 0.15) is 11.5 Å². The van der Waals surface area contributed by atoms with Crippen molar-refractivity contribution < 1.29 is 23.8 Å². The molecule has 0 saturated carbocycles. The van der Waals surface area contributed by atoms with Crippen LogP contribution in [0.15, 0.2) is 75.0 Å². The van der Waals surface area contributed by atoms with Gasteiger partial charge in [-0.1, -0.05) is 29.8 Å². The lowest BCUT2D eigenvalue weighted by molar-refractivity contribution is -0.122. The average Bonchev–Trinajstić information content (AvgIpc) is 3.38. The molecule has 4 rings (SSSR count). The van der Waals surface area contributed by atoms with Gasteiger partial charge in [0.15, 0.2) is 5.17 Å². The van der Waals surface area contributed by atoms with Crippen LogP contribution < -0.4 is 0 Å². The Balaban J connectivity index is 1.62. The van der Waals surface area contributed by atoms with Crippen LogP contribution in [-0.2, 0) is 9.53 Å². The van der Waals surface area contributed by atoms with Gasteiger partial charge in [-0.25, -0.2) is 9.79 Å². The second-order valence-electron chi connectivity index (χ2n) is 6.99. The quantitative estimate of drug-likeness (QED) is 0.444. The molecule has 0 atom stereocenters. The maximum Gasteiger partial charge on any atom is 0.337 e. The molecule has 0 bridgehead atoms. The molecule has 9 heteroatoms. The van der Waals surface area contributed by atoms with E-state index in [0.717, 1.165) is 5.69 Å². The summed E-state index contributed by atoms with van der Waals surface area (Å²) in [5.74, 6) is -0.388.